The number of aryl methyl sites for hydroxylation is 1. The lowest BCUT2D eigenvalue weighted by Gasteiger charge is -2.33. The van der Waals surface area contributed by atoms with Gasteiger partial charge in [0.2, 0.25) is 0 Å². The molecule has 2 aromatic rings. The summed E-state index contributed by atoms with van der Waals surface area (Å²) in [6.45, 7) is 8.78. The van der Waals surface area contributed by atoms with E-state index in [0.717, 1.165) is 56.2 Å². The maximum absolute atomic E-state index is 4.94. The smallest absolute Gasteiger partial charge is 0.131 e. The van der Waals surface area contributed by atoms with Crippen LogP contribution in [-0.4, -0.2) is 36.1 Å². The highest BCUT2D eigenvalue weighted by Crippen LogP contribution is 2.32. The molecule has 1 saturated heterocycles. The Kier molecular flexibility index (Phi) is 6.30. The quantitative estimate of drug-likeness (QED) is 0.731. The number of aromatic nitrogens is 1. The number of rotatable bonds is 6. The highest BCUT2D eigenvalue weighted by atomic mass is 15.2. The van der Waals surface area contributed by atoms with Crippen molar-refractivity contribution in [1.82, 2.24) is 15.2 Å². The number of hydrogen-bond acceptors (Lipinski definition) is 4. The molecule has 1 atom stereocenters. The van der Waals surface area contributed by atoms with Gasteiger partial charge in [-0.2, -0.15) is 0 Å². The van der Waals surface area contributed by atoms with Crippen molar-refractivity contribution in [3.8, 4) is 0 Å². The number of allylic oxidation sites excluding steroid dienone is 3. The molecule has 29 heavy (non-hydrogen) atoms. The molecule has 0 saturated carbocycles. The first kappa shape index (κ1) is 19.7. The van der Waals surface area contributed by atoms with Gasteiger partial charge in [0.25, 0.3) is 0 Å². The average Bonchev–Trinajstić information content (AvgIpc) is 2.76. The van der Waals surface area contributed by atoms with Crippen molar-refractivity contribution in [3.63, 3.8) is 0 Å². The van der Waals surface area contributed by atoms with Crippen molar-refractivity contribution in [2.75, 3.05) is 31.5 Å². The first-order valence-corrected chi connectivity index (χ1v) is 10.9. The number of nitrogens with one attached hydrogen (secondary N) is 2. The molecule has 4 heteroatoms. The van der Waals surface area contributed by atoms with Gasteiger partial charge in [0, 0.05) is 37.6 Å². The van der Waals surface area contributed by atoms with Crippen LogP contribution in [0, 0.1) is 5.92 Å². The lowest BCUT2D eigenvalue weighted by Crippen LogP contribution is -2.42. The largest absolute Gasteiger partial charge is 0.369 e. The van der Waals surface area contributed by atoms with Crippen molar-refractivity contribution in [1.29, 1.82) is 0 Å². The van der Waals surface area contributed by atoms with Crippen LogP contribution in [0.15, 0.2) is 60.3 Å². The lowest BCUT2D eigenvalue weighted by molar-refractivity contribution is 0.305. The third kappa shape index (κ3) is 4.88. The summed E-state index contributed by atoms with van der Waals surface area (Å²) < 4.78 is 0. The van der Waals surface area contributed by atoms with E-state index < -0.39 is 0 Å². The zero-order valence-corrected chi connectivity index (χ0v) is 17.6. The monoisotopic (exact) mass is 388 g/mol. The fourth-order valence-corrected chi connectivity index (χ4v) is 4.11. The molecule has 1 aliphatic carbocycles. The number of nitrogens with zero attached hydrogens (tertiary/aromatic N) is 2. The molecule has 1 aliphatic heterocycles. The summed E-state index contributed by atoms with van der Waals surface area (Å²) in [6, 6.07) is 15.0. The molecule has 0 bridgehead atoms. The first-order chi connectivity index (χ1) is 14.2. The Morgan fingerprint density at radius 1 is 1.10 bits per heavy atom. The Balaban J connectivity index is 1.52. The average molecular weight is 389 g/mol. The van der Waals surface area contributed by atoms with Crippen LogP contribution in [0.5, 0.6) is 0 Å². The summed E-state index contributed by atoms with van der Waals surface area (Å²) in [7, 11) is 0. The number of anilines is 2. The standard InChI is InChI=1S/C25H32N4/c1-3-5-20-9-11-21(12-10-20)27-25-7-4-6-24(28-25)23-18-22(13-8-19(23)2)29-16-14-26-15-17-29/h4,6-7,9-13,18-19,26H,3,5,8,14-17H2,1-2H3,(H,27,28). The molecule has 0 amide bonds. The van der Waals surface area contributed by atoms with E-state index in [1.54, 1.807) is 0 Å². The minimum absolute atomic E-state index is 0.484. The fraction of sp³-hybridized carbons (Fsp3) is 0.400. The summed E-state index contributed by atoms with van der Waals surface area (Å²) in [5.74, 6) is 1.38. The van der Waals surface area contributed by atoms with Crippen molar-refractivity contribution < 1.29 is 0 Å². The molecule has 2 aliphatic rings. The predicted molar refractivity (Wildman–Crippen MR) is 122 cm³/mol. The third-order valence-corrected chi connectivity index (χ3v) is 5.81. The van der Waals surface area contributed by atoms with Crippen LogP contribution in [-0.2, 0) is 6.42 Å². The topological polar surface area (TPSA) is 40.2 Å². The Hall–Kier alpha value is -2.59. The second-order valence-corrected chi connectivity index (χ2v) is 8.08. The molecule has 2 N–H and O–H groups in total. The van der Waals surface area contributed by atoms with Gasteiger partial charge in [0.15, 0.2) is 0 Å². The van der Waals surface area contributed by atoms with Crippen molar-refractivity contribution in [2.24, 2.45) is 5.92 Å². The molecule has 4 rings (SSSR count). The zero-order valence-electron chi connectivity index (χ0n) is 17.6. The fourth-order valence-electron chi connectivity index (χ4n) is 4.11. The second-order valence-electron chi connectivity index (χ2n) is 8.08. The van der Waals surface area contributed by atoms with Crippen molar-refractivity contribution >= 4 is 17.1 Å². The van der Waals surface area contributed by atoms with E-state index in [1.165, 1.54) is 23.3 Å². The first-order valence-electron chi connectivity index (χ1n) is 10.9. The van der Waals surface area contributed by atoms with E-state index in [1.807, 2.05) is 6.07 Å². The Labute approximate surface area is 174 Å². The van der Waals surface area contributed by atoms with Crippen LogP contribution in [0.2, 0.25) is 0 Å². The van der Waals surface area contributed by atoms with E-state index in [0.29, 0.717) is 5.92 Å². The molecule has 2 heterocycles. The molecule has 1 aromatic carbocycles. The van der Waals surface area contributed by atoms with E-state index in [9.17, 15) is 0 Å². The van der Waals surface area contributed by atoms with Gasteiger partial charge in [-0.05, 0) is 60.2 Å². The van der Waals surface area contributed by atoms with Crippen molar-refractivity contribution in [2.45, 2.75) is 33.1 Å². The number of piperazine rings is 1. The van der Waals surface area contributed by atoms with E-state index >= 15 is 0 Å². The van der Waals surface area contributed by atoms with Crippen LogP contribution in [0.4, 0.5) is 11.5 Å². The molecule has 4 nitrogen and oxygen atoms in total. The van der Waals surface area contributed by atoms with E-state index in [2.05, 4.69) is 77.9 Å². The molecular formula is C25H32N4. The van der Waals surface area contributed by atoms with Gasteiger partial charge in [-0.15, -0.1) is 0 Å². The maximum Gasteiger partial charge on any atom is 0.131 e. The van der Waals surface area contributed by atoms with Gasteiger partial charge < -0.3 is 15.5 Å². The summed E-state index contributed by atoms with van der Waals surface area (Å²) in [6.07, 6.45) is 8.12. The minimum atomic E-state index is 0.484. The third-order valence-electron chi connectivity index (χ3n) is 5.81. The normalized spacial score (nSPS) is 19.5. The molecule has 0 radical (unpaired) electrons. The van der Waals surface area contributed by atoms with E-state index in [-0.39, 0.29) is 0 Å². The summed E-state index contributed by atoms with van der Waals surface area (Å²) in [5.41, 5.74) is 6.23. The Morgan fingerprint density at radius 2 is 1.90 bits per heavy atom. The summed E-state index contributed by atoms with van der Waals surface area (Å²) in [4.78, 5) is 7.43. The van der Waals surface area contributed by atoms with Gasteiger partial charge in [0.1, 0.15) is 5.82 Å². The second kappa shape index (κ2) is 9.27. The molecule has 0 spiro atoms. The Bertz CT molecular complexity index is 876. The van der Waals surface area contributed by atoms with Gasteiger partial charge in [0.05, 0.1) is 5.69 Å². The van der Waals surface area contributed by atoms with Crippen LogP contribution in [0.25, 0.3) is 5.57 Å². The molecule has 1 unspecified atom stereocenters. The maximum atomic E-state index is 4.94. The predicted octanol–water partition coefficient (Wildman–Crippen LogP) is 4.99. The van der Waals surface area contributed by atoms with Gasteiger partial charge in [-0.3, -0.25) is 0 Å². The number of pyridine rings is 1. The highest BCUT2D eigenvalue weighted by Gasteiger charge is 2.20. The summed E-state index contributed by atoms with van der Waals surface area (Å²) in [5, 5.41) is 6.91. The minimum Gasteiger partial charge on any atom is -0.369 e. The molecule has 1 aromatic heterocycles. The zero-order chi connectivity index (χ0) is 20.1. The molecule has 1 fully saturated rings. The highest BCUT2D eigenvalue weighted by molar-refractivity contribution is 5.70. The van der Waals surface area contributed by atoms with Gasteiger partial charge in [-0.1, -0.05) is 44.5 Å². The van der Waals surface area contributed by atoms with E-state index in [4.69, 9.17) is 4.98 Å². The SMILES string of the molecule is CCCc1ccc(Nc2cccc(C3=CC(N4CCNCC4)=CCC3C)n2)cc1. The van der Waals surface area contributed by atoms with Gasteiger partial charge in [-0.25, -0.2) is 4.98 Å². The molecule has 152 valence electrons. The van der Waals surface area contributed by atoms with Gasteiger partial charge >= 0.3 is 0 Å². The molecular weight excluding hydrogens is 356 g/mol. The van der Waals surface area contributed by atoms with Crippen LogP contribution in [0.3, 0.4) is 0 Å². The van der Waals surface area contributed by atoms with Crippen molar-refractivity contribution in [3.05, 3.63) is 71.6 Å². The van der Waals surface area contributed by atoms with Crippen LogP contribution < -0.4 is 10.6 Å². The van der Waals surface area contributed by atoms with Crippen LogP contribution >= 0.6 is 0 Å². The summed E-state index contributed by atoms with van der Waals surface area (Å²) >= 11 is 0. The number of benzene rings is 1. The number of hydrogen-bond donors (Lipinski definition) is 2. The lowest BCUT2D eigenvalue weighted by atomic mass is 9.89. The Morgan fingerprint density at radius 3 is 2.66 bits per heavy atom. The van der Waals surface area contributed by atoms with Crippen LogP contribution in [0.1, 0.15) is 37.9 Å².